The monoisotopic (exact) mass is 389 g/mol. The smallest absolute Gasteiger partial charge is 0.229 e. The third kappa shape index (κ3) is 4.56. The van der Waals surface area contributed by atoms with Crippen LogP contribution in [0.2, 0.25) is 0 Å². The molecule has 140 valence electrons. The second kappa shape index (κ2) is 7.39. The predicted molar refractivity (Wildman–Crippen MR) is 100.0 cm³/mol. The SMILES string of the molecule is COc1cc(NC(=O)C2CC23CCNCC3)ccc1NS(C)(=O)=O.Cl. The maximum absolute atomic E-state index is 12.5. The van der Waals surface area contributed by atoms with Gasteiger partial charge in [-0.25, -0.2) is 8.42 Å². The van der Waals surface area contributed by atoms with Crippen molar-refractivity contribution in [2.24, 2.45) is 11.3 Å². The van der Waals surface area contributed by atoms with Gasteiger partial charge in [0.25, 0.3) is 0 Å². The molecule has 3 rings (SSSR count). The van der Waals surface area contributed by atoms with Crippen LogP contribution in [0.3, 0.4) is 0 Å². The van der Waals surface area contributed by atoms with Gasteiger partial charge in [-0.3, -0.25) is 9.52 Å². The topological polar surface area (TPSA) is 96.5 Å². The summed E-state index contributed by atoms with van der Waals surface area (Å²) < 4.78 is 30.3. The van der Waals surface area contributed by atoms with Crippen LogP contribution in [0.15, 0.2) is 18.2 Å². The van der Waals surface area contributed by atoms with Crippen LogP contribution in [0.25, 0.3) is 0 Å². The first-order chi connectivity index (χ1) is 11.3. The number of piperidine rings is 1. The molecule has 0 aromatic heterocycles. The molecule has 25 heavy (non-hydrogen) atoms. The van der Waals surface area contributed by atoms with Crippen LogP contribution < -0.4 is 20.1 Å². The molecule has 1 aliphatic carbocycles. The first-order valence-electron chi connectivity index (χ1n) is 8.00. The Morgan fingerprint density at radius 2 is 2.00 bits per heavy atom. The molecule has 1 atom stereocenters. The lowest BCUT2D eigenvalue weighted by Crippen LogP contribution is -2.31. The van der Waals surface area contributed by atoms with E-state index >= 15 is 0 Å². The fraction of sp³-hybridized carbons (Fsp3) is 0.562. The number of amides is 1. The highest BCUT2D eigenvalue weighted by atomic mass is 35.5. The number of sulfonamides is 1. The van der Waals surface area contributed by atoms with Gasteiger partial charge >= 0.3 is 0 Å². The molecule has 7 nitrogen and oxygen atoms in total. The Bertz CT molecular complexity index is 748. The predicted octanol–water partition coefficient (Wildman–Crippen LogP) is 1.82. The number of anilines is 2. The second-order valence-corrected chi connectivity index (χ2v) is 8.40. The molecule has 2 aliphatic rings. The summed E-state index contributed by atoms with van der Waals surface area (Å²) in [5, 5.41) is 6.25. The summed E-state index contributed by atoms with van der Waals surface area (Å²) in [7, 11) is -1.93. The van der Waals surface area contributed by atoms with Crippen molar-refractivity contribution in [3.05, 3.63) is 18.2 Å². The van der Waals surface area contributed by atoms with E-state index in [1.807, 2.05) is 0 Å². The lowest BCUT2D eigenvalue weighted by Gasteiger charge is -2.23. The molecule has 1 aromatic rings. The molecule has 1 amide bonds. The molecule has 1 heterocycles. The largest absolute Gasteiger partial charge is 0.494 e. The maximum atomic E-state index is 12.5. The van der Waals surface area contributed by atoms with Crippen LogP contribution in [0.1, 0.15) is 19.3 Å². The highest BCUT2D eigenvalue weighted by Gasteiger charge is 2.57. The molecule has 2 fully saturated rings. The maximum Gasteiger partial charge on any atom is 0.229 e. The van der Waals surface area contributed by atoms with Gasteiger partial charge in [0.05, 0.1) is 19.1 Å². The molecule has 1 aromatic carbocycles. The van der Waals surface area contributed by atoms with Gasteiger partial charge in [0, 0.05) is 17.7 Å². The molecule has 0 radical (unpaired) electrons. The highest BCUT2D eigenvalue weighted by molar-refractivity contribution is 7.92. The van der Waals surface area contributed by atoms with E-state index in [1.54, 1.807) is 18.2 Å². The Kier molecular flexibility index (Phi) is 5.86. The van der Waals surface area contributed by atoms with Gasteiger partial charge in [-0.2, -0.15) is 0 Å². The van der Waals surface area contributed by atoms with Crippen LogP contribution in [-0.4, -0.2) is 40.8 Å². The Morgan fingerprint density at radius 3 is 2.60 bits per heavy atom. The number of carbonyl (C=O) groups is 1. The number of rotatable bonds is 5. The van der Waals surface area contributed by atoms with Crippen molar-refractivity contribution in [1.82, 2.24) is 5.32 Å². The standard InChI is InChI=1S/C16H23N3O4S.ClH/c1-23-14-9-11(3-4-13(14)19-24(2,21)22)18-15(20)12-10-16(12)5-7-17-8-6-16;/h3-4,9,12,17,19H,5-8,10H2,1-2H3,(H,18,20);1H. The summed E-state index contributed by atoms with van der Waals surface area (Å²) in [6.45, 7) is 1.95. The minimum absolute atomic E-state index is 0. The molecule has 1 unspecified atom stereocenters. The van der Waals surface area contributed by atoms with Gasteiger partial charge in [0.15, 0.2) is 0 Å². The first kappa shape index (κ1) is 19.8. The van der Waals surface area contributed by atoms with E-state index in [2.05, 4.69) is 15.4 Å². The Hall–Kier alpha value is -1.51. The van der Waals surface area contributed by atoms with Crippen LogP contribution >= 0.6 is 12.4 Å². The van der Waals surface area contributed by atoms with E-state index in [0.29, 0.717) is 17.1 Å². The first-order valence-corrected chi connectivity index (χ1v) is 9.90. The van der Waals surface area contributed by atoms with Crippen molar-refractivity contribution < 1.29 is 17.9 Å². The Balaban J connectivity index is 0.00000225. The van der Waals surface area contributed by atoms with Gasteiger partial charge in [0.2, 0.25) is 15.9 Å². The molecule has 1 aliphatic heterocycles. The Labute approximate surface area is 154 Å². The molecule has 3 N–H and O–H groups in total. The number of halogens is 1. The van der Waals surface area contributed by atoms with Crippen LogP contribution in [0.4, 0.5) is 11.4 Å². The number of hydrogen-bond donors (Lipinski definition) is 3. The van der Waals surface area contributed by atoms with E-state index in [-0.39, 0.29) is 29.6 Å². The zero-order valence-electron chi connectivity index (χ0n) is 14.3. The summed E-state index contributed by atoms with van der Waals surface area (Å²) in [4.78, 5) is 12.5. The average molecular weight is 390 g/mol. The van der Waals surface area contributed by atoms with E-state index in [4.69, 9.17) is 4.74 Å². The second-order valence-electron chi connectivity index (χ2n) is 6.65. The van der Waals surface area contributed by atoms with Gasteiger partial charge < -0.3 is 15.4 Å². The van der Waals surface area contributed by atoms with Crippen LogP contribution in [0.5, 0.6) is 5.75 Å². The molecular weight excluding hydrogens is 366 g/mol. The molecule has 0 bridgehead atoms. The van der Waals surface area contributed by atoms with Crippen molar-refractivity contribution in [2.75, 3.05) is 36.5 Å². The van der Waals surface area contributed by atoms with Gasteiger partial charge in [-0.1, -0.05) is 0 Å². The minimum Gasteiger partial charge on any atom is -0.494 e. The zero-order chi connectivity index (χ0) is 17.4. The van der Waals surface area contributed by atoms with Crippen LogP contribution in [0, 0.1) is 11.3 Å². The quantitative estimate of drug-likeness (QED) is 0.713. The van der Waals surface area contributed by atoms with E-state index in [0.717, 1.165) is 38.6 Å². The molecule has 1 spiro atoms. The van der Waals surface area contributed by atoms with Crippen LogP contribution in [-0.2, 0) is 14.8 Å². The highest BCUT2D eigenvalue weighted by Crippen LogP contribution is 2.58. The molecular formula is C16H24ClN3O4S. The minimum atomic E-state index is -3.39. The fourth-order valence-corrected chi connectivity index (χ4v) is 4.05. The normalized spacial score (nSPS) is 21.1. The number of methoxy groups -OCH3 is 1. The zero-order valence-corrected chi connectivity index (χ0v) is 15.9. The number of benzene rings is 1. The van der Waals surface area contributed by atoms with Crippen molar-refractivity contribution in [3.8, 4) is 5.75 Å². The van der Waals surface area contributed by atoms with Crippen molar-refractivity contribution in [2.45, 2.75) is 19.3 Å². The van der Waals surface area contributed by atoms with E-state index < -0.39 is 10.0 Å². The summed E-state index contributed by atoms with van der Waals surface area (Å²) in [5.41, 5.74) is 1.13. The molecule has 9 heteroatoms. The third-order valence-electron chi connectivity index (χ3n) is 4.87. The fourth-order valence-electron chi connectivity index (χ4n) is 3.48. The van der Waals surface area contributed by atoms with E-state index in [9.17, 15) is 13.2 Å². The van der Waals surface area contributed by atoms with Crippen molar-refractivity contribution in [3.63, 3.8) is 0 Å². The number of nitrogens with one attached hydrogen (secondary N) is 3. The van der Waals surface area contributed by atoms with Crippen molar-refractivity contribution in [1.29, 1.82) is 0 Å². The van der Waals surface area contributed by atoms with Gasteiger partial charge in [0.1, 0.15) is 5.75 Å². The number of hydrogen-bond acceptors (Lipinski definition) is 5. The summed E-state index contributed by atoms with van der Waals surface area (Å²) in [6.07, 6.45) is 4.12. The average Bonchev–Trinajstić information content (AvgIpc) is 3.21. The molecule has 1 saturated heterocycles. The van der Waals surface area contributed by atoms with Gasteiger partial charge in [-0.15, -0.1) is 12.4 Å². The van der Waals surface area contributed by atoms with Gasteiger partial charge in [-0.05, 0) is 49.9 Å². The van der Waals surface area contributed by atoms with Crippen molar-refractivity contribution >= 4 is 39.7 Å². The lowest BCUT2D eigenvalue weighted by atomic mass is 9.92. The third-order valence-corrected chi connectivity index (χ3v) is 5.46. The summed E-state index contributed by atoms with van der Waals surface area (Å²) >= 11 is 0. The summed E-state index contributed by atoms with van der Waals surface area (Å²) in [5.74, 6) is 0.466. The summed E-state index contributed by atoms with van der Waals surface area (Å²) in [6, 6.07) is 4.89. The lowest BCUT2D eigenvalue weighted by molar-refractivity contribution is -0.118. The number of carbonyl (C=O) groups excluding carboxylic acids is 1. The molecule has 1 saturated carbocycles. The Morgan fingerprint density at radius 1 is 1.32 bits per heavy atom. The number of ether oxygens (including phenoxy) is 1. The van der Waals surface area contributed by atoms with E-state index in [1.165, 1.54) is 7.11 Å².